The number of hydrogen-bond acceptors (Lipinski definition) is 5. The van der Waals surface area contributed by atoms with Crippen molar-refractivity contribution in [1.29, 1.82) is 0 Å². The van der Waals surface area contributed by atoms with E-state index in [0.29, 0.717) is 28.6 Å². The summed E-state index contributed by atoms with van der Waals surface area (Å²) in [6, 6.07) is 21.9. The summed E-state index contributed by atoms with van der Waals surface area (Å²) in [6.07, 6.45) is 2.01. The molecule has 208 valence electrons. The number of halogens is 1. The van der Waals surface area contributed by atoms with Crippen molar-refractivity contribution in [2.45, 2.75) is 32.4 Å². The van der Waals surface area contributed by atoms with Crippen LogP contribution in [0.3, 0.4) is 0 Å². The number of benzene rings is 3. The molecule has 0 unspecified atom stereocenters. The molecule has 8 nitrogen and oxygen atoms in total. The quantitative estimate of drug-likeness (QED) is 0.330. The van der Waals surface area contributed by atoms with Crippen molar-refractivity contribution < 1.29 is 22.7 Å². The van der Waals surface area contributed by atoms with Gasteiger partial charge in [0.05, 0.1) is 19.1 Å². The van der Waals surface area contributed by atoms with Gasteiger partial charge in [0.15, 0.2) is 0 Å². The molecule has 0 saturated carbocycles. The topological polar surface area (TPSA) is 96.0 Å². The molecule has 0 aromatic heterocycles. The number of hydrogen-bond donors (Lipinski definition) is 1. The number of sulfonamides is 1. The second-order valence-electron chi connectivity index (χ2n) is 9.08. The number of nitrogens with one attached hydrogen (secondary N) is 1. The maximum absolute atomic E-state index is 14.0. The van der Waals surface area contributed by atoms with Gasteiger partial charge in [-0.2, -0.15) is 0 Å². The maximum atomic E-state index is 14.0. The number of anilines is 1. The van der Waals surface area contributed by atoms with Gasteiger partial charge >= 0.3 is 0 Å². The van der Waals surface area contributed by atoms with Crippen LogP contribution < -0.4 is 14.4 Å². The van der Waals surface area contributed by atoms with Crippen LogP contribution in [-0.2, 0) is 32.6 Å². The SMILES string of the molecule is CCCNC(=O)[C@@H](Cc1ccccc1)N(Cc1ccccc1Cl)C(=O)CN(c1ccc(OC)cc1)S(C)(=O)=O. The zero-order chi connectivity index (χ0) is 28.4. The van der Waals surface area contributed by atoms with Crippen LogP contribution in [0.5, 0.6) is 5.75 Å². The van der Waals surface area contributed by atoms with Gasteiger partial charge in [-0.05, 0) is 47.9 Å². The zero-order valence-corrected chi connectivity index (χ0v) is 23.9. The maximum Gasteiger partial charge on any atom is 0.244 e. The highest BCUT2D eigenvalue weighted by atomic mass is 35.5. The van der Waals surface area contributed by atoms with E-state index in [1.54, 1.807) is 48.5 Å². The molecule has 0 radical (unpaired) electrons. The second kappa shape index (κ2) is 14.0. The largest absolute Gasteiger partial charge is 0.497 e. The molecular weight excluding hydrogens is 538 g/mol. The van der Waals surface area contributed by atoms with Crippen molar-refractivity contribution in [1.82, 2.24) is 10.2 Å². The number of carbonyl (C=O) groups is 2. The smallest absolute Gasteiger partial charge is 0.244 e. The van der Waals surface area contributed by atoms with Crippen LogP contribution in [0, 0.1) is 0 Å². The number of rotatable bonds is 13. The van der Waals surface area contributed by atoms with E-state index in [2.05, 4.69) is 5.32 Å². The second-order valence-corrected chi connectivity index (χ2v) is 11.4. The van der Waals surface area contributed by atoms with E-state index >= 15 is 0 Å². The summed E-state index contributed by atoms with van der Waals surface area (Å²) >= 11 is 6.45. The summed E-state index contributed by atoms with van der Waals surface area (Å²) < 4.78 is 31.8. The first-order valence-corrected chi connectivity index (χ1v) is 14.8. The summed E-state index contributed by atoms with van der Waals surface area (Å²) in [7, 11) is -2.34. The van der Waals surface area contributed by atoms with E-state index in [1.807, 2.05) is 37.3 Å². The molecule has 1 N–H and O–H groups in total. The molecule has 0 heterocycles. The van der Waals surface area contributed by atoms with Gasteiger partial charge in [-0.25, -0.2) is 8.42 Å². The lowest BCUT2D eigenvalue weighted by Crippen LogP contribution is -2.53. The van der Waals surface area contributed by atoms with Crippen LogP contribution in [0.15, 0.2) is 78.9 Å². The number of amides is 2. The van der Waals surface area contributed by atoms with Crippen molar-refractivity contribution in [3.05, 3.63) is 95.0 Å². The third-order valence-corrected chi connectivity index (χ3v) is 7.67. The average molecular weight is 572 g/mol. The van der Waals surface area contributed by atoms with E-state index in [-0.39, 0.29) is 18.9 Å². The van der Waals surface area contributed by atoms with Gasteiger partial charge in [-0.15, -0.1) is 0 Å². The fourth-order valence-corrected chi connectivity index (χ4v) is 5.14. The van der Waals surface area contributed by atoms with Crippen LogP contribution in [0.4, 0.5) is 5.69 Å². The Labute approximate surface area is 235 Å². The first-order chi connectivity index (χ1) is 18.6. The highest BCUT2D eigenvalue weighted by molar-refractivity contribution is 7.92. The standard InChI is InChI=1S/C29H34ClN3O5S/c1-4-18-31-29(35)27(19-22-10-6-5-7-11-22)32(20-23-12-8-9-13-26(23)30)28(34)21-33(39(3,36)37)24-14-16-25(38-2)17-15-24/h5-17,27H,4,18-21H2,1-3H3,(H,31,35)/t27-/m1/s1. The monoisotopic (exact) mass is 571 g/mol. The minimum Gasteiger partial charge on any atom is -0.497 e. The Hall–Kier alpha value is -3.56. The third kappa shape index (κ3) is 8.46. The Kier molecular flexibility index (Phi) is 10.8. The third-order valence-electron chi connectivity index (χ3n) is 6.16. The van der Waals surface area contributed by atoms with E-state index in [1.165, 1.54) is 12.0 Å². The van der Waals surface area contributed by atoms with Gasteiger partial charge in [-0.1, -0.05) is 67.1 Å². The summed E-state index contributed by atoms with van der Waals surface area (Å²) in [4.78, 5) is 28.9. The molecule has 3 aromatic rings. The van der Waals surface area contributed by atoms with Gasteiger partial charge in [-0.3, -0.25) is 13.9 Å². The Balaban J connectivity index is 2.04. The van der Waals surface area contributed by atoms with Gasteiger partial charge in [0, 0.05) is 24.5 Å². The van der Waals surface area contributed by atoms with Gasteiger partial charge in [0.1, 0.15) is 18.3 Å². The minimum atomic E-state index is -3.85. The first kappa shape index (κ1) is 30.0. The fourth-order valence-electron chi connectivity index (χ4n) is 4.09. The molecule has 0 aliphatic heterocycles. The van der Waals surface area contributed by atoms with Gasteiger partial charge in [0.25, 0.3) is 0 Å². The lowest BCUT2D eigenvalue weighted by Gasteiger charge is -2.33. The summed E-state index contributed by atoms with van der Waals surface area (Å²) in [5.41, 5.74) is 1.81. The van der Waals surface area contributed by atoms with Crippen LogP contribution in [0.1, 0.15) is 24.5 Å². The van der Waals surface area contributed by atoms with Gasteiger partial charge in [0.2, 0.25) is 21.8 Å². The Morgan fingerprint density at radius 3 is 2.21 bits per heavy atom. The molecule has 2 amide bonds. The highest BCUT2D eigenvalue weighted by Gasteiger charge is 2.33. The van der Waals surface area contributed by atoms with Crippen molar-refractivity contribution in [3.63, 3.8) is 0 Å². The molecule has 0 aliphatic carbocycles. The summed E-state index contributed by atoms with van der Waals surface area (Å²) in [5, 5.41) is 3.35. The molecule has 10 heteroatoms. The molecule has 0 spiro atoms. The van der Waals surface area contributed by atoms with E-state index < -0.39 is 28.5 Å². The van der Waals surface area contributed by atoms with Gasteiger partial charge < -0.3 is 15.0 Å². The lowest BCUT2D eigenvalue weighted by molar-refractivity contribution is -0.140. The predicted molar refractivity (Wildman–Crippen MR) is 154 cm³/mol. The zero-order valence-electron chi connectivity index (χ0n) is 22.3. The molecule has 39 heavy (non-hydrogen) atoms. The number of ether oxygens (including phenoxy) is 1. The molecular formula is C29H34ClN3O5S. The molecule has 0 aliphatic rings. The molecule has 0 bridgehead atoms. The van der Waals surface area contributed by atoms with E-state index in [9.17, 15) is 18.0 Å². The van der Waals surface area contributed by atoms with Crippen molar-refractivity contribution in [3.8, 4) is 5.75 Å². The van der Waals surface area contributed by atoms with Crippen molar-refractivity contribution in [2.24, 2.45) is 0 Å². The first-order valence-electron chi connectivity index (χ1n) is 12.6. The molecule has 1 atom stereocenters. The van der Waals surface area contributed by atoms with Crippen molar-refractivity contribution in [2.75, 3.05) is 30.8 Å². The molecule has 3 aromatic carbocycles. The van der Waals surface area contributed by atoms with Crippen LogP contribution in [0.2, 0.25) is 5.02 Å². The van der Waals surface area contributed by atoms with E-state index in [4.69, 9.17) is 16.3 Å². The number of carbonyl (C=O) groups excluding carboxylic acids is 2. The average Bonchev–Trinajstić information content (AvgIpc) is 2.93. The Bertz CT molecular complexity index is 1350. The van der Waals surface area contributed by atoms with E-state index in [0.717, 1.165) is 22.5 Å². The normalized spacial score (nSPS) is 11.9. The Morgan fingerprint density at radius 2 is 1.62 bits per heavy atom. The highest BCUT2D eigenvalue weighted by Crippen LogP contribution is 2.24. The summed E-state index contributed by atoms with van der Waals surface area (Å²) in [6.45, 7) is 1.91. The number of nitrogens with zero attached hydrogens (tertiary/aromatic N) is 2. The molecule has 0 saturated heterocycles. The predicted octanol–water partition coefficient (Wildman–Crippen LogP) is 4.28. The molecule has 0 fully saturated rings. The van der Waals surface area contributed by atoms with Crippen molar-refractivity contribution >= 4 is 39.1 Å². The summed E-state index contributed by atoms with van der Waals surface area (Å²) in [5.74, 6) is -0.311. The molecule has 3 rings (SSSR count). The lowest BCUT2D eigenvalue weighted by atomic mass is 10.0. The van der Waals surface area contributed by atoms with Crippen LogP contribution in [0.25, 0.3) is 0 Å². The number of methoxy groups -OCH3 is 1. The Morgan fingerprint density at radius 1 is 0.974 bits per heavy atom. The van der Waals surface area contributed by atoms with Crippen LogP contribution in [-0.4, -0.2) is 57.6 Å². The minimum absolute atomic E-state index is 0.0236. The fraction of sp³-hybridized carbons (Fsp3) is 0.310. The van der Waals surface area contributed by atoms with Crippen LogP contribution >= 0.6 is 11.6 Å².